The predicted molar refractivity (Wildman–Crippen MR) is 88.0 cm³/mol. The number of nitrogens with two attached hydrogens (primary N) is 1. The Morgan fingerprint density at radius 3 is 2.50 bits per heavy atom. The number of benzene rings is 2. The molecular weight excluding hydrogens is 346 g/mol. The monoisotopic (exact) mass is 360 g/mol. The van der Waals surface area contributed by atoms with Gasteiger partial charge in [0.1, 0.15) is 12.0 Å². The maximum Gasteiger partial charge on any atom is 0.240 e. The van der Waals surface area contributed by atoms with Crippen molar-refractivity contribution < 1.29 is 14.8 Å². The number of hydrogen-bond acceptors (Lipinski definition) is 4. The fraction of sp³-hybridized carbons (Fsp3) is 0.125. The smallest absolute Gasteiger partial charge is 0.240 e. The zero-order chi connectivity index (χ0) is 15.5. The van der Waals surface area contributed by atoms with Crippen molar-refractivity contribution in [3.05, 3.63) is 47.2 Å². The molecule has 1 aromatic heterocycles. The van der Waals surface area contributed by atoms with Gasteiger partial charge in [-0.05, 0) is 12.1 Å². The second kappa shape index (κ2) is 6.29. The highest BCUT2D eigenvalue weighted by atomic mass is 79.9. The van der Waals surface area contributed by atoms with Crippen molar-refractivity contribution in [1.82, 2.24) is 9.97 Å². The lowest BCUT2D eigenvalue weighted by Crippen LogP contribution is -2.71. The Kier molecular flexibility index (Phi) is 4.22. The van der Waals surface area contributed by atoms with Gasteiger partial charge in [-0.3, -0.25) is 5.32 Å². The van der Waals surface area contributed by atoms with Crippen LogP contribution in [0.4, 0.5) is 11.5 Å². The molecule has 3 aromatic rings. The second-order valence-corrected chi connectivity index (χ2v) is 5.60. The van der Waals surface area contributed by atoms with Crippen molar-refractivity contribution in [2.75, 3.05) is 14.2 Å². The summed E-state index contributed by atoms with van der Waals surface area (Å²) < 4.78 is 11.7. The molecule has 0 saturated heterocycles. The zero-order valence-electron chi connectivity index (χ0n) is 12.2. The number of halogens is 1. The number of fused-ring (bicyclic) bond motifs is 1. The number of aromatic nitrogens is 2. The topological polar surface area (TPSA) is 60.9 Å². The number of nitrogens with zero attached hydrogens (tertiary/aromatic N) is 2. The zero-order valence-corrected chi connectivity index (χ0v) is 13.8. The molecule has 0 aliphatic rings. The Morgan fingerprint density at radius 2 is 1.77 bits per heavy atom. The molecule has 22 heavy (non-hydrogen) atoms. The van der Waals surface area contributed by atoms with Crippen molar-refractivity contribution in [3.63, 3.8) is 0 Å². The minimum absolute atomic E-state index is 0.655. The highest BCUT2D eigenvalue weighted by molar-refractivity contribution is 9.10. The third-order valence-corrected chi connectivity index (χ3v) is 3.82. The van der Waals surface area contributed by atoms with Gasteiger partial charge in [0.15, 0.2) is 11.5 Å². The summed E-state index contributed by atoms with van der Waals surface area (Å²) in [5.74, 6) is 2.15. The van der Waals surface area contributed by atoms with Gasteiger partial charge < -0.3 is 9.47 Å². The van der Waals surface area contributed by atoms with Crippen molar-refractivity contribution in [3.8, 4) is 11.5 Å². The Morgan fingerprint density at radius 1 is 1.00 bits per heavy atom. The summed E-state index contributed by atoms with van der Waals surface area (Å²) in [5.41, 5.74) is 1.87. The largest absolute Gasteiger partial charge is 0.493 e. The van der Waals surface area contributed by atoms with Crippen molar-refractivity contribution in [2.45, 2.75) is 0 Å². The van der Waals surface area contributed by atoms with E-state index in [0.29, 0.717) is 11.5 Å². The highest BCUT2D eigenvalue weighted by Crippen LogP contribution is 2.32. The molecule has 1 heterocycles. The van der Waals surface area contributed by atoms with Gasteiger partial charge in [0, 0.05) is 22.7 Å². The number of methoxy groups -OCH3 is 2. The first kappa shape index (κ1) is 14.7. The van der Waals surface area contributed by atoms with Crippen molar-refractivity contribution >= 4 is 38.3 Å². The molecule has 0 unspecified atom stereocenters. The van der Waals surface area contributed by atoms with Crippen LogP contribution >= 0.6 is 15.9 Å². The van der Waals surface area contributed by atoms with Crippen LogP contribution in [-0.2, 0) is 0 Å². The minimum atomic E-state index is 0.655. The maximum absolute atomic E-state index is 5.37. The Balaban J connectivity index is 2.09. The van der Waals surface area contributed by atoms with Gasteiger partial charge in [0.25, 0.3) is 0 Å². The molecule has 6 heteroatoms. The quantitative estimate of drug-likeness (QED) is 0.726. The van der Waals surface area contributed by atoms with Gasteiger partial charge >= 0.3 is 0 Å². The van der Waals surface area contributed by atoms with Crippen molar-refractivity contribution in [1.29, 1.82) is 0 Å². The van der Waals surface area contributed by atoms with Crippen molar-refractivity contribution in [2.24, 2.45) is 0 Å². The maximum atomic E-state index is 5.37. The fourth-order valence-electron chi connectivity index (χ4n) is 2.27. The summed E-state index contributed by atoms with van der Waals surface area (Å²) in [5, 5.41) is 2.93. The second-order valence-electron chi connectivity index (χ2n) is 4.68. The third-order valence-electron chi connectivity index (χ3n) is 3.32. The number of rotatable bonds is 4. The Hall–Kier alpha value is -2.18. The van der Waals surface area contributed by atoms with E-state index < -0.39 is 0 Å². The lowest BCUT2D eigenvalue weighted by molar-refractivity contribution is -0.481. The van der Waals surface area contributed by atoms with Gasteiger partial charge in [-0.25, -0.2) is 4.98 Å². The van der Waals surface area contributed by atoms with Crippen LogP contribution < -0.4 is 14.8 Å². The van der Waals surface area contributed by atoms with Crippen LogP contribution in [0.5, 0.6) is 11.5 Å². The summed E-state index contributed by atoms with van der Waals surface area (Å²) in [4.78, 5) is 8.69. The van der Waals surface area contributed by atoms with Crippen LogP contribution in [0.3, 0.4) is 0 Å². The summed E-state index contributed by atoms with van der Waals surface area (Å²) >= 11 is 3.48. The van der Waals surface area contributed by atoms with Gasteiger partial charge in [-0.1, -0.05) is 22.0 Å². The molecule has 0 saturated carbocycles. The molecule has 5 nitrogen and oxygen atoms in total. The van der Waals surface area contributed by atoms with Crippen LogP contribution in [0.1, 0.15) is 0 Å². The molecule has 0 fully saturated rings. The standard InChI is InChI=1S/C16H14BrN3O2/c1-21-14-7-12-13(8-15(14)22-2)18-9-19-16(12)20-11-5-3-4-10(17)6-11/h3-9H,1-2H3,(H,18,19,20)/p+1. The molecule has 0 radical (unpaired) electrons. The van der Waals surface area contributed by atoms with Gasteiger partial charge in [0.2, 0.25) is 5.82 Å². The average molecular weight is 361 g/mol. The molecule has 0 aliphatic carbocycles. The fourth-order valence-corrected chi connectivity index (χ4v) is 2.69. The molecule has 0 bridgehead atoms. The molecule has 112 valence electrons. The first-order valence-corrected chi connectivity index (χ1v) is 7.47. The van der Waals surface area contributed by atoms with Crippen LogP contribution in [0.25, 0.3) is 10.9 Å². The lowest BCUT2D eigenvalue weighted by atomic mass is 10.2. The van der Waals surface area contributed by atoms with E-state index in [-0.39, 0.29) is 0 Å². The van der Waals surface area contributed by atoms with E-state index in [4.69, 9.17) is 9.47 Å². The number of hydrogen-bond donors (Lipinski definition) is 1. The van der Waals surface area contributed by atoms with Gasteiger partial charge in [0.05, 0.1) is 25.1 Å². The van der Waals surface area contributed by atoms with E-state index in [1.807, 2.05) is 41.7 Å². The normalized spacial score (nSPS) is 10.7. The van der Waals surface area contributed by atoms with E-state index in [1.54, 1.807) is 20.5 Å². The Labute approximate surface area is 136 Å². The van der Waals surface area contributed by atoms with Gasteiger partial charge in [-0.15, -0.1) is 0 Å². The Bertz CT molecular complexity index is 824. The highest BCUT2D eigenvalue weighted by Gasteiger charge is 2.14. The van der Waals surface area contributed by atoms with E-state index >= 15 is 0 Å². The average Bonchev–Trinajstić information content (AvgIpc) is 2.54. The first-order chi connectivity index (χ1) is 10.7. The molecule has 3 rings (SSSR count). The first-order valence-electron chi connectivity index (χ1n) is 6.68. The molecule has 0 atom stereocenters. The van der Waals surface area contributed by atoms with Crippen LogP contribution in [0.2, 0.25) is 0 Å². The molecular formula is C16H15BrN3O2+. The molecule has 0 amide bonds. The van der Waals surface area contributed by atoms with E-state index in [2.05, 4.69) is 25.9 Å². The molecule has 0 aliphatic heterocycles. The summed E-state index contributed by atoms with van der Waals surface area (Å²) in [7, 11) is 3.23. The molecule has 0 spiro atoms. The SMILES string of the molecule is COc1cc2ncnc([NH2+]c3cccc(Br)c3)c2cc1OC. The summed E-state index contributed by atoms with van der Waals surface area (Å²) in [6.07, 6.45) is 1.55. The summed E-state index contributed by atoms with van der Waals surface area (Å²) in [6.45, 7) is 0. The van der Waals surface area contributed by atoms with Gasteiger partial charge in [-0.2, -0.15) is 4.98 Å². The van der Waals surface area contributed by atoms with Crippen LogP contribution in [0, 0.1) is 0 Å². The minimum Gasteiger partial charge on any atom is -0.493 e. The third kappa shape index (κ3) is 2.88. The van der Waals surface area contributed by atoms with Crippen LogP contribution in [-0.4, -0.2) is 24.2 Å². The number of quaternary nitrogens is 1. The predicted octanol–water partition coefficient (Wildman–Crippen LogP) is 2.94. The van der Waals surface area contributed by atoms with E-state index in [9.17, 15) is 0 Å². The summed E-state index contributed by atoms with van der Waals surface area (Å²) in [6, 6.07) is 11.8. The van der Waals surface area contributed by atoms with E-state index in [1.165, 1.54) is 0 Å². The number of ether oxygens (including phenoxy) is 2. The molecule has 2 N–H and O–H groups in total. The lowest BCUT2D eigenvalue weighted by Gasteiger charge is -2.09. The van der Waals surface area contributed by atoms with E-state index in [0.717, 1.165) is 26.9 Å². The van der Waals surface area contributed by atoms with Crippen LogP contribution in [0.15, 0.2) is 47.2 Å². The molecule has 2 aromatic carbocycles.